The largest absolute Gasteiger partial charge is 0.235 e. The highest BCUT2D eigenvalue weighted by molar-refractivity contribution is 6.78. The quantitative estimate of drug-likeness (QED) is 0.473. The van der Waals surface area contributed by atoms with Crippen molar-refractivity contribution in [3.8, 4) is 0 Å². The number of hydrogen-bond acceptors (Lipinski definition) is 0. The van der Waals surface area contributed by atoms with Gasteiger partial charge in [-0.1, -0.05) is 31.8 Å². The van der Waals surface area contributed by atoms with Crippen molar-refractivity contribution in [3.63, 3.8) is 0 Å². The predicted octanol–water partition coefficient (Wildman–Crippen LogP) is 3.86. The molecule has 0 spiro atoms. The first-order chi connectivity index (χ1) is 5.86. The average Bonchev–Trinajstić information content (AvgIpc) is 2.04. The van der Waals surface area contributed by atoms with Gasteiger partial charge in [-0.3, -0.25) is 0 Å². The number of halogens is 2. The van der Waals surface area contributed by atoms with Crippen molar-refractivity contribution >= 4 is 8.07 Å². The van der Waals surface area contributed by atoms with E-state index in [1.807, 2.05) is 6.08 Å². The van der Waals surface area contributed by atoms with Crippen LogP contribution in [0.3, 0.4) is 0 Å². The summed E-state index contributed by atoms with van der Waals surface area (Å²) in [5, 5.41) is 0. The highest BCUT2D eigenvalue weighted by Crippen LogP contribution is 2.39. The summed E-state index contributed by atoms with van der Waals surface area (Å²) >= 11 is 0. The third-order valence-electron chi connectivity index (χ3n) is 2.72. The second-order valence-corrected chi connectivity index (χ2v) is 10.0. The van der Waals surface area contributed by atoms with Crippen LogP contribution in [0.25, 0.3) is 0 Å². The highest BCUT2D eigenvalue weighted by Gasteiger charge is 2.49. The first kappa shape index (κ1) is 10.9. The molecular formula is C10H18F2Si. The fraction of sp³-hybridized carbons (Fsp3) is 0.800. The van der Waals surface area contributed by atoms with Crippen molar-refractivity contribution in [2.75, 3.05) is 0 Å². The van der Waals surface area contributed by atoms with E-state index >= 15 is 0 Å². The van der Waals surface area contributed by atoms with E-state index in [0.29, 0.717) is 6.42 Å². The van der Waals surface area contributed by atoms with Gasteiger partial charge in [0.15, 0.2) is 0 Å². The maximum atomic E-state index is 13.8. The Balaban J connectivity index is 2.79. The van der Waals surface area contributed by atoms with Crippen LogP contribution in [-0.2, 0) is 0 Å². The van der Waals surface area contributed by atoms with Crippen LogP contribution in [0.2, 0.25) is 19.6 Å². The molecule has 0 fully saturated rings. The Kier molecular flexibility index (Phi) is 2.95. The molecular weight excluding hydrogens is 186 g/mol. The Bertz CT molecular complexity index is 203. The van der Waals surface area contributed by atoms with Crippen LogP contribution in [0.4, 0.5) is 8.78 Å². The van der Waals surface area contributed by atoms with Crippen molar-refractivity contribution in [2.24, 2.45) is 5.92 Å². The van der Waals surface area contributed by atoms with E-state index in [0.717, 1.165) is 12.8 Å². The van der Waals surface area contributed by atoms with Crippen molar-refractivity contribution in [1.29, 1.82) is 0 Å². The molecule has 0 saturated heterocycles. The summed E-state index contributed by atoms with van der Waals surface area (Å²) in [6.45, 7) is 5.24. The Morgan fingerprint density at radius 2 is 1.92 bits per heavy atom. The van der Waals surface area contributed by atoms with Crippen LogP contribution in [0, 0.1) is 5.92 Å². The molecule has 0 nitrogen and oxygen atoms in total. The Morgan fingerprint density at radius 1 is 1.31 bits per heavy atom. The van der Waals surface area contributed by atoms with E-state index in [1.165, 1.54) is 0 Å². The lowest BCUT2D eigenvalue weighted by molar-refractivity contribution is 0.0300. The molecule has 76 valence electrons. The summed E-state index contributed by atoms with van der Waals surface area (Å²) in [5.41, 5.74) is -2.44. The Morgan fingerprint density at radius 3 is 2.31 bits per heavy atom. The molecule has 0 aromatic carbocycles. The van der Waals surface area contributed by atoms with Gasteiger partial charge in [-0.05, 0) is 19.3 Å². The van der Waals surface area contributed by atoms with Crippen molar-refractivity contribution in [3.05, 3.63) is 12.2 Å². The summed E-state index contributed by atoms with van der Waals surface area (Å²) in [6, 6.07) is 0. The van der Waals surface area contributed by atoms with Gasteiger partial charge < -0.3 is 0 Å². The van der Waals surface area contributed by atoms with Gasteiger partial charge in [-0.15, -0.1) is 0 Å². The zero-order chi connectivity index (χ0) is 10.1. The van der Waals surface area contributed by atoms with E-state index in [4.69, 9.17) is 0 Å². The molecule has 1 aliphatic carbocycles. The normalized spacial score (nSPS) is 24.8. The lowest BCUT2D eigenvalue weighted by atomic mass is 9.96. The number of alkyl halides is 2. The summed E-state index contributed by atoms with van der Waals surface area (Å²) in [4.78, 5) is 0. The summed E-state index contributed by atoms with van der Waals surface area (Å²) in [6.07, 6.45) is 6.18. The fourth-order valence-electron chi connectivity index (χ4n) is 1.67. The minimum atomic E-state index is -2.44. The number of allylic oxidation sites excluding steroid dienone is 2. The molecule has 1 rings (SSSR count). The lowest BCUT2D eigenvalue weighted by Gasteiger charge is -2.35. The smallest absolute Gasteiger partial charge is 0.211 e. The summed E-state index contributed by atoms with van der Waals surface area (Å²) in [7, 11) is -2.36. The molecule has 13 heavy (non-hydrogen) atoms. The van der Waals surface area contributed by atoms with Gasteiger partial charge in [-0.2, -0.15) is 0 Å². The number of hydrogen-bond donors (Lipinski definition) is 0. The SMILES string of the molecule is C[Si](C)(C)C(F)(F)[C@@H]1C=CCCC1. The van der Waals surface area contributed by atoms with Crippen molar-refractivity contribution < 1.29 is 8.78 Å². The van der Waals surface area contributed by atoms with Crippen LogP contribution in [0.15, 0.2) is 12.2 Å². The summed E-state index contributed by atoms with van der Waals surface area (Å²) < 4.78 is 27.7. The van der Waals surface area contributed by atoms with E-state index < -0.39 is 19.5 Å². The second-order valence-electron chi connectivity index (χ2n) is 4.84. The molecule has 0 amide bonds. The van der Waals surface area contributed by atoms with E-state index in [1.54, 1.807) is 25.7 Å². The molecule has 0 radical (unpaired) electrons. The third kappa shape index (κ3) is 2.19. The molecule has 1 aliphatic rings. The molecule has 0 N–H and O–H groups in total. The molecule has 0 aromatic heterocycles. The molecule has 0 saturated carbocycles. The van der Waals surface area contributed by atoms with Crippen LogP contribution in [-0.4, -0.2) is 13.6 Å². The minimum Gasteiger partial charge on any atom is -0.211 e. The number of rotatable bonds is 2. The van der Waals surface area contributed by atoms with Crippen LogP contribution in [0.1, 0.15) is 19.3 Å². The maximum Gasteiger partial charge on any atom is 0.235 e. The topological polar surface area (TPSA) is 0 Å². The molecule has 3 heteroatoms. The predicted molar refractivity (Wildman–Crippen MR) is 54.8 cm³/mol. The van der Waals surface area contributed by atoms with E-state index in [2.05, 4.69) is 0 Å². The van der Waals surface area contributed by atoms with Gasteiger partial charge in [0, 0.05) is 5.92 Å². The fourth-order valence-corrected chi connectivity index (χ4v) is 3.02. The third-order valence-corrected chi connectivity index (χ3v) is 5.09. The Labute approximate surface area is 80.0 Å². The van der Waals surface area contributed by atoms with Crippen LogP contribution in [0.5, 0.6) is 0 Å². The van der Waals surface area contributed by atoms with Gasteiger partial charge in [-0.25, -0.2) is 8.78 Å². The summed E-state index contributed by atoms with van der Waals surface area (Å²) in [5.74, 6) is -0.493. The van der Waals surface area contributed by atoms with Gasteiger partial charge in [0.05, 0.1) is 0 Å². The van der Waals surface area contributed by atoms with Gasteiger partial charge >= 0.3 is 0 Å². The van der Waals surface area contributed by atoms with Gasteiger partial charge in [0.1, 0.15) is 8.07 Å². The van der Waals surface area contributed by atoms with Gasteiger partial charge in [0.2, 0.25) is 5.55 Å². The zero-order valence-corrected chi connectivity index (χ0v) is 9.61. The van der Waals surface area contributed by atoms with E-state index in [-0.39, 0.29) is 0 Å². The van der Waals surface area contributed by atoms with Crippen LogP contribution < -0.4 is 0 Å². The lowest BCUT2D eigenvalue weighted by Crippen LogP contribution is -2.50. The second kappa shape index (κ2) is 3.52. The van der Waals surface area contributed by atoms with Crippen LogP contribution >= 0.6 is 0 Å². The zero-order valence-electron chi connectivity index (χ0n) is 8.61. The van der Waals surface area contributed by atoms with Crippen molar-refractivity contribution in [2.45, 2.75) is 44.4 Å². The molecule has 1 atom stereocenters. The Hall–Kier alpha value is -0.183. The standard InChI is InChI=1S/C10H18F2Si/c1-13(2,3)10(11,12)9-7-5-4-6-8-9/h5,7,9H,4,6,8H2,1-3H3/t9-/m1/s1. The monoisotopic (exact) mass is 204 g/mol. The van der Waals surface area contributed by atoms with E-state index in [9.17, 15) is 8.78 Å². The molecule has 0 aliphatic heterocycles. The molecule has 0 heterocycles. The molecule has 0 aromatic rings. The van der Waals surface area contributed by atoms with Gasteiger partial charge in [0.25, 0.3) is 0 Å². The van der Waals surface area contributed by atoms with Crippen molar-refractivity contribution in [1.82, 2.24) is 0 Å². The molecule has 0 bridgehead atoms. The highest BCUT2D eigenvalue weighted by atomic mass is 28.3. The molecule has 0 unspecified atom stereocenters. The first-order valence-corrected chi connectivity index (χ1v) is 8.40. The maximum absolute atomic E-state index is 13.8. The first-order valence-electron chi connectivity index (χ1n) is 4.90. The average molecular weight is 204 g/mol. The minimum absolute atomic E-state index is 0.493.